The highest BCUT2D eigenvalue weighted by Gasteiger charge is 2.23. The van der Waals surface area contributed by atoms with Crippen molar-refractivity contribution >= 4 is 11.6 Å². The van der Waals surface area contributed by atoms with E-state index in [9.17, 15) is 9.18 Å². The van der Waals surface area contributed by atoms with Crippen molar-refractivity contribution in [2.45, 2.75) is 6.04 Å². The minimum Gasteiger partial charge on any atom is -0.394 e. The van der Waals surface area contributed by atoms with Gasteiger partial charge in [-0.25, -0.2) is 4.39 Å². The van der Waals surface area contributed by atoms with Crippen LogP contribution in [0, 0.1) is 5.82 Å². The first kappa shape index (κ1) is 10.9. The van der Waals surface area contributed by atoms with Crippen LogP contribution >= 0.6 is 0 Å². The van der Waals surface area contributed by atoms with Crippen LogP contribution in [0.15, 0.2) is 24.3 Å². The van der Waals surface area contributed by atoms with Gasteiger partial charge >= 0.3 is 0 Å². The molecule has 16 heavy (non-hydrogen) atoms. The Hall–Kier alpha value is -1.62. The van der Waals surface area contributed by atoms with Gasteiger partial charge in [0.25, 0.3) is 0 Å². The van der Waals surface area contributed by atoms with E-state index in [1.165, 1.54) is 12.1 Å². The number of aliphatic hydroxyl groups is 1. The van der Waals surface area contributed by atoms with Gasteiger partial charge in [0.05, 0.1) is 19.2 Å². The van der Waals surface area contributed by atoms with Crippen molar-refractivity contribution < 1.29 is 14.3 Å². The number of rotatable bonds is 2. The lowest BCUT2D eigenvalue weighted by Gasteiger charge is -2.33. The number of anilines is 1. The molecular formula is C11H13FN2O2. The SMILES string of the molecule is O=C1CN(c2ccc(F)cc2)CC(CO)N1. The fraction of sp³-hybridized carbons (Fsp3) is 0.364. The molecule has 0 aromatic heterocycles. The topological polar surface area (TPSA) is 52.6 Å². The second-order valence-electron chi connectivity index (χ2n) is 3.80. The Morgan fingerprint density at radius 1 is 1.44 bits per heavy atom. The highest BCUT2D eigenvalue weighted by molar-refractivity contribution is 5.83. The smallest absolute Gasteiger partial charge is 0.239 e. The molecule has 0 aliphatic carbocycles. The molecule has 1 saturated heterocycles. The Morgan fingerprint density at radius 2 is 2.12 bits per heavy atom. The van der Waals surface area contributed by atoms with Crippen LogP contribution in [0.4, 0.5) is 10.1 Å². The van der Waals surface area contributed by atoms with Gasteiger partial charge in [-0.15, -0.1) is 0 Å². The Balaban J connectivity index is 2.14. The maximum atomic E-state index is 12.7. The summed E-state index contributed by atoms with van der Waals surface area (Å²) in [7, 11) is 0. The second kappa shape index (κ2) is 4.49. The van der Waals surface area contributed by atoms with Crippen molar-refractivity contribution in [1.29, 1.82) is 0 Å². The van der Waals surface area contributed by atoms with Crippen molar-refractivity contribution in [3.8, 4) is 0 Å². The monoisotopic (exact) mass is 224 g/mol. The molecule has 1 unspecified atom stereocenters. The summed E-state index contributed by atoms with van der Waals surface area (Å²) >= 11 is 0. The van der Waals surface area contributed by atoms with E-state index in [4.69, 9.17) is 5.11 Å². The molecule has 1 heterocycles. The van der Waals surface area contributed by atoms with Gasteiger partial charge in [0.15, 0.2) is 0 Å². The normalized spacial score (nSPS) is 20.8. The van der Waals surface area contributed by atoms with Gasteiger partial charge in [-0.1, -0.05) is 0 Å². The summed E-state index contributed by atoms with van der Waals surface area (Å²) in [6.45, 7) is 0.680. The summed E-state index contributed by atoms with van der Waals surface area (Å²) in [4.78, 5) is 13.2. The predicted octanol–water partition coefficient (Wildman–Crippen LogP) is 0.123. The standard InChI is InChI=1S/C11H13FN2O2/c12-8-1-3-10(4-2-8)14-5-9(7-15)13-11(16)6-14/h1-4,9,15H,5-7H2,(H,13,16). The van der Waals surface area contributed by atoms with E-state index in [1.807, 2.05) is 4.90 Å². The zero-order valence-electron chi connectivity index (χ0n) is 8.69. The molecule has 1 amide bonds. The number of piperazine rings is 1. The Kier molecular flexibility index (Phi) is 3.05. The van der Waals surface area contributed by atoms with E-state index < -0.39 is 0 Å². The van der Waals surface area contributed by atoms with Crippen molar-refractivity contribution in [3.63, 3.8) is 0 Å². The predicted molar refractivity (Wildman–Crippen MR) is 57.6 cm³/mol. The quantitative estimate of drug-likeness (QED) is 0.750. The van der Waals surface area contributed by atoms with Crippen LogP contribution < -0.4 is 10.2 Å². The maximum Gasteiger partial charge on any atom is 0.239 e. The number of halogens is 1. The van der Waals surface area contributed by atoms with E-state index in [1.54, 1.807) is 12.1 Å². The van der Waals surface area contributed by atoms with Gasteiger partial charge in [-0.3, -0.25) is 4.79 Å². The summed E-state index contributed by atoms with van der Waals surface area (Å²) in [5.74, 6) is -0.432. The van der Waals surface area contributed by atoms with Crippen molar-refractivity contribution in [1.82, 2.24) is 5.32 Å². The molecule has 0 saturated carbocycles. The van der Waals surface area contributed by atoms with Crippen LogP contribution in [0.5, 0.6) is 0 Å². The summed E-state index contributed by atoms with van der Waals surface area (Å²) in [5, 5.41) is 11.7. The van der Waals surface area contributed by atoms with Crippen LogP contribution in [0.3, 0.4) is 0 Å². The number of hydrogen-bond acceptors (Lipinski definition) is 3. The maximum absolute atomic E-state index is 12.7. The summed E-state index contributed by atoms with van der Waals surface area (Å²) in [6, 6.07) is 5.71. The Labute approximate surface area is 92.7 Å². The zero-order chi connectivity index (χ0) is 11.5. The molecule has 1 aromatic carbocycles. The Bertz CT molecular complexity index is 380. The molecule has 2 N–H and O–H groups in total. The molecule has 1 aliphatic heterocycles. The van der Waals surface area contributed by atoms with E-state index in [2.05, 4.69) is 5.32 Å². The molecular weight excluding hydrogens is 211 g/mol. The number of nitrogens with one attached hydrogen (secondary N) is 1. The molecule has 0 bridgehead atoms. The minimum atomic E-state index is -0.302. The summed E-state index contributed by atoms with van der Waals surface area (Å²) < 4.78 is 12.7. The third-order valence-corrected chi connectivity index (χ3v) is 2.55. The highest BCUT2D eigenvalue weighted by Crippen LogP contribution is 2.16. The number of nitrogens with zero attached hydrogens (tertiary/aromatic N) is 1. The molecule has 5 heteroatoms. The van der Waals surface area contributed by atoms with Crippen LogP contribution in [0.1, 0.15) is 0 Å². The number of benzene rings is 1. The number of carbonyl (C=O) groups excluding carboxylic acids is 1. The van der Waals surface area contributed by atoms with Gasteiger partial charge in [-0.2, -0.15) is 0 Å². The van der Waals surface area contributed by atoms with Crippen molar-refractivity contribution in [2.24, 2.45) is 0 Å². The first-order valence-electron chi connectivity index (χ1n) is 5.10. The van der Waals surface area contributed by atoms with Gasteiger partial charge < -0.3 is 15.3 Å². The van der Waals surface area contributed by atoms with E-state index in [0.717, 1.165) is 5.69 Å². The van der Waals surface area contributed by atoms with Crippen LogP contribution in [0.25, 0.3) is 0 Å². The van der Waals surface area contributed by atoms with Crippen LogP contribution in [-0.2, 0) is 4.79 Å². The lowest BCUT2D eigenvalue weighted by Crippen LogP contribution is -2.55. The van der Waals surface area contributed by atoms with Crippen molar-refractivity contribution in [2.75, 3.05) is 24.6 Å². The minimum absolute atomic E-state index is 0.0938. The zero-order valence-corrected chi connectivity index (χ0v) is 8.69. The molecule has 0 radical (unpaired) electrons. The molecule has 1 fully saturated rings. The molecule has 86 valence electrons. The lowest BCUT2D eigenvalue weighted by molar-refractivity contribution is -0.121. The number of aliphatic hydroxyl groups excluding tert-OH is 1. The number of hydrogen-bond donors (Lipinski definition) is 2. The number of carbonyl (C=O) groups is 1. The van der Waals surface area contributed by atoms with Gasteiger partial charge in [0, 0.05) is 12.2 Å². The fourth-order valence-electron chi connectivity index (χ4n) is 1.77. The third-order valence-electron chi connectivity index (χ3n) is 2.55. The molecule has 1 aromatic rings. The average molecular weight is 224 g/mol. The van der Waals surface area contributed by atoms with Gasteiger partial charge in [0.1, 0.15) is 5.82 Å². The van der Waals surface area contributed by atoms with Gasteiger partial charge in [0.2, 0.25) is 5.91 Å². The molecule has 1 aliphatic rings. The van der Waals surface area contributed by atoms with Crippen LogP contribution in [0.2, 0.25) is 0 Å². The van der Waals surface area contributed by atoms with Gasteiger partial charge in [-0.05, 0) is 24.3 Å². The largest absolute Gasteiger partial charge is 0.394 e. The first-order valence-corrected chi connectivity index (χ1v) is 5.10. The highest BCUT2D eigenvalue weighted by atomic mass is 19.1. The second-order valence-corrected chi connectivity index (χ2v) is 3.80. The van der Waals surface area contributed by atoms with E-state index in [0.29, 0.717) is 6.54 Å². The third kappa shape index (κ3) is 2.30. The Morgan fingerprint density at radius 3 is 2.75 bits per heavy atom. The fourth-order valence-corrected chi connectivity index (χ4v) is 1.77. The summed E-state index contributed by atoms with van der Waals surface area (Å²) in [6.07, 6.45) is 0. The van der Waals surface area contributed by atoms with Crippen molar-refractivity contribution in [3.05, 3.63) is 30.1 Å². The molecule has 2 rings (SSSR count). The molecule has 4 nitrogen and oxygen atoms in total. The summed E-state index contributed by atoms with van der Waals surface area (Å²) in [5.41, 5.74) is 0.787. The molecule has 1 atom stereocenters. The lowest BCUT2D eigenvalue weighted by atomic mass is 10.2. The van der Waals surface area contributed by atoms with E-state index >= 15 is 0 Å². The van der Waals surface area contributed by atoms with Crippen LogP contribution in [-0.4, -0.2) is 36.8 Å². The first-order chi connectivity index (χ1) is 7.69. The van der Waals surface area contributed by atoms with E-state index in [-0.39, 0.29) is 30.9 Å². The number of amides is 1. The average Bonchev–Trinajstić information content (AvgIpc) is 2.29. The molecule has 0 spiro atoms.